The second kappa shape index (κ2) is 11.4. The zero-order valence-corrected chi connectivity index (χ0v) is 21.5. The normalized spacial score (nSPS) is 16.6. The molecule has 1 amide bonds. The number of hydrogen-bond acceptors (Lipinski definition) is 4. The van der Waals surface area contributed by atoms with Crippen molar-refractivity contribution in [3.63, 3.8) is 0 Å². The Labute approximate surface area is 218 Å². The number of carbonyl (C=O) groups is 1. The lowest BCUT2D eigenvalue weighted by Crippen LogP contribution is -2.41. The Hall–Kier alpha value is -2.89. The molecule has 188 valence electrons. The van der Waals surface area contributed by atoms with Crippen molar-refractivity contribution in [2.45, 2.75) is 50.4 Å². The molecule has 0 saturated carbocycles. The Balaban J connectivity index is 1.01. The van der Waals surface area contributed by atoms with Crippen molar-refractivity contribution in [2.75, 3.05) is 26.2 Å². The molecule has 1 aliphatic carbocycles. The second-order valence-electron chi connectivity index (χ2n) is 10.0. The fraction of sp³-hybridized carbons (Fsp3) is 0.400. The highest BCUT2D eigenvalue weighted by molar-refractivity contribution is 6.30. The first-order valence-electron chi connectivity index (χ1n) is 13.1. The molecule has 1 saturated heterocycles. The minimum atomic E-state index is -0.162. The summed E-state index contributed by atoms with van der Waals surface area (Å²) < 4.78 is 5.82. The number of carbonyl (C=O) groups excluding carboxylic acids is 1. The van der Waals surface area contributed by atoms with Crippen molar-refractivity contribution in [3.8, 4) is 11.6 Å². The molecular formula is C30H34ClN3O2. The summed E-state index contributed by atoms with van der Waals surface area (Å²) >= 11 is 5.94. The third-order valence-electron chi connectivity index (χ3n) is 7.76. The van der Waals surface area contributed by atoms with Crippen LogP contribution in [0.5, 0.6) is 11.6 Å². The molecule has 0 bridgehead atoms. The van der Waals surface area contributed by atoms with Gasteiger partial charge < -0.3 is 15.0 Å². The predicted molar refractivity (Wildman–Crippen MR) is 144 cm³/mol. The fourth-order valence-corrected chi connectivity index (χ4v) is 5.81. The van der Waals surface area contributed by atoms with Crippen LogP contribution in [0, 0.1) is 0 Å². The van der Waals surface area contributed by atoms with E-state index in [2.05, 4.69) is 39.5 Å². The minimum absolute atomic E-state index is 0.162. The highest BCUT2D eigenvalue weighted by Gasteiger charge is 2.40. The van der Waals surface area contributed by atoms with Gasteiger partial charge in [0.25, 0.3) is 5.91 Å². The van der Waals surface area contributed by atoms with Crippen LogP contribution in [0.4, 0.5) is 0 Å². The summed E-state index contributed by atoms with van der Waals surface area (Å²) in [5, 5.41) is 3.65. The number of piperidine rings is 1. The molecule has 1 spiro atoms. The number of unbranched alkanes of at least 4 members (excludes halogenated alkanes) is 2. The molecule has 0 atom stereocenters. The molecule has 5 rings (SSSR count). The quantitative estimate of drug-likeness (QED) is 0.343. The topological polar surface area (TPSA) is 54.5 Å². The lowest BCUT2D eigenvalue weighted by atomic mass is 9.74. The van der Waals surface area contributed by atoms with E-state index in [1.54, 1.807) is 53.7 Å². The number of aromatic nitrogens is 1. The Kier molecular flexibility index (Phi) is 7.88. The highest BCUT2D eigenvalue weighted by atomic mass is 35.5. The SMILES string of the molecule is O=C(NCCCCCN1CCC2(CCc3ccccc32)CC1)c1cccnc1Oc1ccc(Cl)cc1. The highest BCUT2D eigenvalue weighted by Crippen LogP contribution is 2.46. The van der Waals surface area contributed by atoms with Crippen LogP contribution in [0.2, 0.25) is 5.02 Å². The molecule has 6 heteroatoms. The van der Waals surface area contributed by atoms with Crippen LogP contribution in [0.15, 0.2) is 66.9 Å². The zero-order chi connectivity index (χ0) is 24.8. The average Bonchev–Trinajstić information content (AvgIpc) is 3.27. The third-order valence-corrected chi connectivity index (χ3v) is 8.01. The van der Waals surface area contributed by atoms with Crippen LogP contribution in [0.25, 0.3) is 0 Å². The number of pyridine rings is 1. The number of aryl methyl sites for hydroxylation is 1. The molecule has 2 aromatic carbocycles. The van der Waals surface area contributed by atoms with Crippen molar-refractivity contribution in [3.05, 3.63) is 88.6 Å². The second-order valence-corrected chi connectivity index (χ2v) is 10.4. The maximum absolute atomic E-state index is 12.7. The first-order chi connectivity index (χ1) is 17.6. The molecule has 1 N–H and O–H groups in total. The maximum atomic E-state index is 12.7. The van der Waals surface area contributed by atoms with Crippen molar-refractivity contribution in [2.24, 2.45) is 0 Å². The van der Waals surface area contributed by atoms with Crippen molar-refractivity contribution >= 4 is 17.5 Å². The molecular weight excluding hydrogens is 470 g/mol. The number of fused-ring (bicyclic) bond motifs is 2. The predicted octanol–water partition coefficient (Wildman–Crippen LogP) is 6.41. The first-order valence-corrected chi connectivity index (χ1v) is 13.5. The van der Waals surface area contributed by atoms with E-state index in [-0.39, 0.29) is 5.91 Å². The lowest BCUT2D eigenvalue weighted by molar-refractivity contribution is 0.0949. The van der Waals surface area contributed by atoms with Crippen LogP contribution >= 0.6 is 11.6 Å². The first kappa shape index (κ1) is 24.8. The number of nitrogens with zero attached hydrogens (tertiary/aromatic N) is 2. The third kappa shape index (κ3) is 5.74. The van der Waals surface area contributed by atoms with Crippen LogP contribution in [-0.2, 0) is 11.8 Å². The molecule has 0 unspecified atom stereocenters. The van der Waals surface area contributed by atoms with Gasteiger partial charge in [-0.1, -0.05) is 42.3 Å². The van der Waals surface area contributed by atoms with E-state index in [9.17, 15) is 4.79 Å². The minimum Gasteiger partial charge on any atom is -0.438 e. The number of halogens is 1. The van der Waals surface area contributed by atoms with E-state index in [0.717, 1.165) is 25.8 Å². The van der Waals surface area contributed by atoms with Gasteiger partial charge in [-0.2, -0.15) is 0 Å². The summed E-state index contributed by atoms with van der Waals surface area (Å²) in [6.07, 6.45) is 9.99. The molecule has 2 heterocycles. The van der Waals surface area contributed by atoms with Crippen LogP contribution in [0.1, 0.15) is 60.0 Å². The molecule has 1 fully saturated rings. The molecule has 2 aliphatic rings. The van der Waals surface area contributed by atoms with E-state index >= 15 is 0 Å². The summed E-state index contributed by atoms with van der Waals surface area (Å²) in [7, 11) is 0. The van der Waals surface area contributed by atoms with Crippen molar-refractivity contribution in [1.82, 2.24) is 15.2 Å². The van der Waals surface area contributed by atoms with Gasteiger partial charge in [0.05, 0.1) is 0 Å². The Morgan fingerprint density at radius 2 is 1.78 bits per heavy atom. The van der Waals surface area contributed by atoms with Gasteiger partial charge in [0, 0.05) is 17.8 Å². The lowest BCUT2D eigenvalue weighted by Gasteiger charge is -2.40. The van der Waals surface area contributed by atoms with Crippen LogP contribution in [0.3, 0.4) is 0 Å². The summed E-state index contributed by atoms with van der Waals surface area (Å²) in [4.78, 5) is 19.6. The number of ether oxygens (including phenoxy) is 1. The Bertz CT molecular complexity index is 1170. The Morgan fingerprint density at radius 1 is 0.972 bits per heavy atom. The smallest absolute Gasteiger partial charge is 0.256 e. The van der Waals surface area contributed by atoms with E-state index in [1.165, 1.54) is 38.8 Å². The Morgan fingerprint density at radius 3 is 2.61 bits per heavy atom. The average molecular weight is 504 g/mol. The standard InChI is InChI=1S/C30H34ClN3O2/c31-24-10-12-25(13-11-24)36-29-26(8-6-19-33-29)28(35)32-18-4-1-5-20-34-21-16-30(17-22-34)15-14-23-7-2-3-9-27(23)30/h2-3,6-13,19H,1,4-5,14-18,20-22H2,(H,32,35). The monoisotopic (exact) mass is 503 g/mol. The van der Waals surface area contributed by atoms with Gasteiger partial charge in [0.2, 0.25) is 5.88 Å². The number of rotatable bonds is 9. The van der Waals surface area contributed by atoms with Gasteiger partial charge in [0.15, 0.2) is 0 Å². The summed E-state index contributed by atoms with van der Waals surface area (Å²) in [6, 6.07) is 19.6. The van der Waals surface area contributed by atoms with Gasteiger partial charge >= 0.3 is 0 Å². The largest absolute Gasteiger partial charge is 0.438 e. The maximum Gasteiger partial charge on any atom is 0.256 e. The summed E-state index contributed by atoms with van der Waals surface area (Å²) in [5.74, 6) is 0.725. The van der Waals surface area contributed by atoms with E-state index in [1.807, 2.05) is 0 Å². The van der Waals surface area contributed by atoms with E-state index in [0.29, 0.717) is 34.2 Å². The van der Waals surface area contributed by atoms with Gasteiger partial charge in [-0.05, 0) is 111 Å². The van der Waals surface area contributed by atoms with Crippen LogP contribution < -0.4 is 10.1 Å². The van der Waals surface area contributed by atoms with Gasteiger partial charge in [-0.3, -0.25) is 4.79 Å². The number of benzene rings is 2. The van der Waals surface area contributed by atoms with E-state index < -0.39 is 0 Å². The summed E-state index contributed by atoms with van der Waals surface area (Å²) in [6.45, 7) is 4.19. The molecule has 1 aromatic heterocycles. The molecule has 0 radical (unpaired) electrons. The fourth-order valence-electron chi connectivity index (χ4n) is 5.68. The van der Waals surface area contributed by atoms with Crippen LogP contribution in [-0.4, -0.2) is 42.0 Å². The molecule has 1 aliphatic heterocycles. The van der Waals surface area contributed by atoms with Gasteiger partial charge in [-0.25, -0.2) is 4.98 Å². The van der Waals surface area contributed by atoms with Gasteiger partial charge in [-0.15, -0.1) is 0 Å². The zero-order valence-electron chi connectivity index (χ0n) is 20.7. The van der Waals surface area contributed by atoms with E-state index in [4.69, 9.17) is 16.3 Å². The molecule has 3 aromatic rings. The van der Waals surface area contributed by atoms with Crippen molar-refractivity contribution in [1.29, 1.82) is 0 Å². The number of hydrogen-bond donors (Lipinski definition) is 1. The van der Waals surface area contributed by atoms with Gasteiger partial charge in [0.1, 0.15) is 11.3 Å². The molecule has 5 nitrogen and oxygen atoms in total. The molecule has 36 heavy (non-hydrogen) atoms. The number of amides is 1. The van der Waals surface area contributed by atoms with Crippen molar-refractivity contribution < 1.29 is 9.53 Å². The number of likely N-dealkylation sites (tertiary alicyclic amines) is 1. The summed E-state index contributed by atoms with van der Waals surface area (Å²) in [5.41, 5.74) is 4.06. The number of nitrogens with one attached hydrogen (secondary N) is 1.